The number of piperidine rings is 1. The van der Waals surface area contributed by atoms with Crippen LogP contribution < -0.4 is 10.6 Å². The number of fused-ring (bicyclic) bond motifs is 1. The molecule has 1 aromatic heterocycles. The first-order valence-corrected chi connectivity index (χ1v) is 10.5. The van der Waals surface area contributed by atoms with Crippen LogP contribution in [0.3, 0.4) is 0 Å². The molecule has 0 bridgehead atoms. The predicted octanol–water partition coefficient (Wildman–Crippen LogP) is 3.31. The fourth-order valence-corrected chi connectivity index (χ4v) is 4.10. The molecule has 0 amide bonds. The molecule has 2 heterocycles. The maximum absolute atomic E-state index is 4.42. The molecule has 5 nitrogen and oxygen atoms in total. The Hall–Kier alpha value is -2.01. The first-order valence-electron chi connectivity index (χ1n) is 10.5. The van der Waals surface area contributed by atoms with E-state index in [9.17, 15) is 0 Å². The van der Waals surface area contributed by atoms with E-state index in [0.29, 0.717) is 6.04 Å². The zero-order valence-electron chi connectivity index (χ0n) is 17.1. The Morgan fingerprint density at radius 1 is 1.22 bits per heavy atom. The summed E-state index contributed by atoms with van der Waals surface area (Å²) in [4.78, 5) is 10.4. The number of aromatic nitrogens is 1. The fraction of sp³-hybridized carbons (Fsp3) is 0.591. The second-order valence-electron chi connectivity index (χ2n) is 7.52. The average molecular weight is 370 g/mol. The summed E-state index contributed by atoms with van der Waals surface area (Å²) in [7, 11) is 1.86. The Morgan fingerprint density at radius 3 is 2.74 bits per heavy atom. The molecule has 1 aromatic carbocycles. The van der Waals surface area contributed by atoms with Gasteiger partial charge in [-0.3, -0.25) is 4.99 Å². The van der Waals surface area contributed by atoms with Crippen molar-refractivity contribution in [1.82, 2.24) is 20.5 Å². The molecule has 1 saturated heterocycles. The zero-order chi connectivity index (χ0) is 19.1. The number of likely N-dealkylation sites (tertiary alicyclic amines) is 1. The number of rotatable bonds is 7. The van der Waals surface area contributed by atoms with Gasteiger partial charge in [-0.2, -0.15) is 0 Å². The van der Waals surface area contributed by atoms with E-state index in [0.717, 1.165) is 25.3 Å². The van der Waals surface area contributed by atoms with E-state index in [1.165, 1.54) is 60.9 Å². The molecule has 0 atom stereocenters. The third-order valence-electron chi connectivity index (χ3n) is 5.65. The summed E-state index contributed by atoms with van der Waals surface area (Å²) >= 11 is 0. The van der Waals surface area contributed by atoms with Crippen LogP contribution in [0.15, 0.2) is 29.4 Å². The number of nitrogens with one attached hydrogen (secondary N) is 3. The minimum atomic E-state index is 0.532. The largest absolute Gasteiger partial charge is 0.361 e. The maximum atomic E-state index is 4.42. The Kier molecular flexibility index (Phi) is 7.16. The first kappa shape index (κ1) is 19.7. The molecule has 1 aliphatic heterocycles. The molecule has 0 saturated carbocycles. The van der Waals surface area contributed by atoms with Gasteiger partial charge in [-0.05, 0) is 49.8 Å². The third-order valence-corrected chi connectivity index (χ3v) is 5.65. The van der Waals surface area contributed by atoms with Gasteiger partial charge >= 0.3 is 0 Å². The summed E-state index contributed by atoms with van der Waals surface area (Å²) in [6.07, 6.45) is 7.85. The van der Waals surface area contributed by atoms with Gasteiger partial charge in [0, 0.05) is 49.8 Å². The van der Waals surface area contributed by atoms with Crippen LogP contribution in [-0.4, -0.2) is 55.1 Å². The molecule has 0 spiro atoms. The van der Waals surface area contributed by atoms with E-state index in [2.05, 4.69) is 63.8 Å². The Balaban J connectivity index is 1.48. The number of nitrogens with zero attached hydrogens (tertiary/aromatic N) is 2. The van der Waals surface area contributed by atoms with Gasteiger partial charge in [0.05, 0.1) is 0 Å². The Bertz CT molecular complexity index is 740. The van der Waals surface area contributed by atoms with Gasteiger partial charge in [0.25, 0.3) is 0 Å². The number of benzene rings is 1. The highest BCUT2D eigenvalue weighted by Crippen LogP contribution is 2.22. The van der Waals surface area contributed by atoms with Gasteiger partial charge in [-0.1, -0.05) is 32.0 Å². The van der Waals surface area contributed by atoms with Crippen molar-refractivity contribution in [3.05, 3.63) is 35.5 Å². The number of para-hydroxylation sites is 1. The molecule has 0 radical (unpaired) electrons. The molecular weight excluding hydrogens is 334 g/mol. The molecule has 148 valence electrons. The van der Waals surface area contributed by atoms with Crippen molar-refractivity contribution in [3.63, 3.8) is 0 Å². The van der Waals surface area contributed by atoms with Crippen LogP contribution in [0.5, 0.6) is 0 Å². The standard InChI is InChI=1S/C22H35N5/c1-4-13-27-14-10-19(11-15-27)26-22(23-3)24-12-9-18-16-25-21-17(5-2)7-6-8-20(18)21/h6-8,16,19,25H,4-5,9-15H2,1-3H3,(H2,23,24,26). The van der Waals surface area contributed by atoms with Crippen molar-refractivity contribution < 1.29 is 0 Å². The van der Waals surface area contributed by atoms with Gasteiger partial charge in [0.1, 0.15) is 0 Å². The summed E-state index contributed by atoms with van der Waals surface area (Å²) in [5.74, 6) is 0.929. The van der Waals surface area contributed by atoms with Gasteiger partial charge in [-0.25, -0.2) is 0 Å². The van der Waals surface area contributed by atoms with Crippen LogP contribution >= 0.6 is 0 Å². The van der Waals surface area contributed by atoms with Crippen LogP contribution in [0.4, 0.5) is 0 Å². The molecule has 3 N–H and O–H groups in total. The van der Waals surface area contributed by atoms with E-state index in [4.69, 9.17) is 0 Å². The number of guanidine groups is 1. The molecule has 0 aliphatic carbocycles. The van der Waals surface area contributed by atoms with Crippen LogP contribution in [0, 0.1) is 0 Å². The smallest absolute Gasteiger partial charge is 0.191 e. The third kappa shape index (κ3) is 5.04. The summed E-state index contributed by atoms with van der Waals surface area (Å²) in [6.45, 7) is 8.96. The zero-order valence-corrected chi connectivity index (χ0v) is 17.1. The summed E-state index contributed by atoms with van der Waals surface area (Å²) < 4.78 is 0. The van der Waals surface area contributed by atoms with Crippen molar-refractivity contribution in [1.29, 1.82) is 0 Å². The lowest BCUT2D eigenvalue weighted by atomic mass is 10.0. The molecule has 3 rings (SSSR count). The number of hydrogen-bond acceptors (Lipinski definition) is 2. The molecule has 2 aromatic rings. The monoisotopic (exact) mass is 369 g/mol. The molecule has 0 unspecified atom stereocenters. The molecule has 27 heavy (non-hydrogen) atoms. The Morgan fingerprint density at radius 2 is 2.04 bits per heavy atom. The number of aliphatic imine (C=N–C) groups is 1. The van der Waals surface area contributed by atoms with Crippen molar-refractivity contribution in [3.8, 4) is 0 Å². The van der Waals surface area contributed by atoms with Gasteiger partial charge < -0.3 is 20.5 Å². The lowest BCUT2D eigenvalue weighted by Crippen LogP contribution is -2.49. The van der Waals surface area contributed by atoms with E-state index in [-0.39, 0.29) is 0 Å². The summed E-state index contributed by atoms with van der Waals surface area (Å²) in [6, 6.07) is 7.12. The van der Waals surface area contributed by atoms with E-state index in [1.807, 2.05) is 7.05 Å². The fourth-order valence-electron chi connectivity index (χ4n) is 4.10. The number of hydrogen-bond donors (Lipinski definition) is 3. The topological polar surface area (TPSA) is 55.4 Å². The second kappa shape index (κ2) is 9.79. The van der Waals surface area contributed by atoms with Crippen LogP contribution in [0.1, 0.15) is 44.2 Å². The SMILES string of the molecule is CCCN1CCC(NC(=NC)NCCc2c[nH]c3c(CC)cccc23)CC1. The van der Waals surface area contributed by atoms with E-state index in [1.54, 1.807) is 0 Å². The molecule has 1 aliphatic rings. The van der Waals surface area contributed by atoms with Crippen molar-refractivity contribution >= 4 is 16.9 Å². The highest BCUT2D eigenvalue weighted by Gasteiger charge is 2.19. The van der Waals surface area contributed by atoms with Crippen molar-refractivity contribution in [2.45, 2.75) is 52.0 Å². The molecule has 5 heteroatoms. The summed E-state index contributed by atoms with van der Waals surface area (Å²) in [5.41, 5.74) is 4.05. The number of H-pyrrole nitrogens is 1. The number of aryl methyl sites for hydroxylation is 1. The van der Waals surface area contributed by atoms with Crippen LogP contribution in [0.2, 0.25) is 0 Å². The van der Waals surface area contributed by atoms with E-state index >= 15 is 0 Å². The maximum Gasteiger partial charge on any atom is 0.191 e. The normalized spacial score (nSPS) is 16.8. The molecule has 1 fully saturated rings. The highest BCUT2D eigenvalue weighted by molar-refractivity contribution is 5.86. The lowest BCUT2D eigenvalue weighted by Gasteiger charge is -2.32. The van der Waals surface area contributed by atoms with Gasteiger partial charge in [0.2, 0.25) is 0 Å². The van der Waals surface area contributed by atoms with Crippen LogP contribution in [0.25, 0.3) is 10.9 Å². The lowest BCUT2D eigenvalue weighted by molar-refractivity contribution is 0.206. The minimum Gasteiger partial charge on any atom is -0.361 e. The Labute approximate surface area is 163 Å². The second-order valence-corrected chi connectivity index (χ2v) is 7.52. The van der Waals surface area contributed by atoms with Crippen LogP contribution in [-0.2, 0) is 12.8 Å². The average Bonchev–Trinajstić information content (AvgIpc) is 3.12. The predicted molar refractivity (Wildman–Crippen MR) is 116 cm³/mol. The van der Waals surface area contributed by atoms with Crippen molar-refractivity contribution in [2.75, 3.05) is 33.2 Å². The minimum absolute atomic E-state index is 0.532. The summed E-state index contributed by atoms with van der Waals surface area (Å²) in [5, 5.41) is 8.45. The first-order chi connectivity index (χ1) is 13.2. The number of aromatic amines is 1. The quantitative estimate of drug-likeness (QED) is 0.518. The highest BCUT2D eigenvalue weighted by atomic mass is 15.2. The van der Waals surface area contributed by atoms with E-state index < -0.39 is 0 Å². The van der Waals surface area contributed by atoms with Crippen molar-refractivity contribution in [2.24, 2.45) is 4.99 Å². The van der Waals surface area contributed by atoms with Gasteiger partial charge in [-0.15, -0.1) is 0 Å². The molecular formula is C22H35N5. The van der Waals surface area contributed by atoms with Gasteiger partial charge in [0.15, 0.2) is 5.96 Å².